The number of carbonyl (C=O) groups is 1. The summed E-state index contributed by atoms with van der Waals surface area (Å²) >= 11 is 0. The molecule has 0 aliphatic carbocycles. The van der Waals surface area contributed by atoms with E-state index in [2.05, 4.69) is 15.3 Å². The van der Waals surface area contributed by atoms with E-state index in [4.69, 9.17) is 0 Å². The first kappa shape index (κ1) is 16.9. The van der Waals surface area contributed by atoms with Gasteiger partial charge in [0, 0.05) is 36.4 Å². The van der Waals surface area contributed by atoms with Crippen LogP contribution in [0.1, 0.15) is 24.0 Å². The third-order valence-corrected chi connectivity index (χ3v) is 4.14. The van der Waals surface area contributed by atoms with Crippen molar-refractivity contribution in [1.29, 1.82) is 0 Å². The van der Waals surface area contributed by atoms with E-state index in [1.54, 1.807) is 6.20 Å². The van der Waals surface area contributed by atoms with Gasteiger partial charge in [0.1, 0.15) is 0 Å². The molecular weight excluding hydrogens is 314 g/mol. The molecule has 3 rings (SSSR count). The Labute approximate surface area is 146 Å². The number of pyridine rings is 2. The highest BCUT2D eigenvalue weighted by Gasteiger charge is 2.05. The second-order valence-electron chi connectivity index (χ2n) is 6.03. The normalized spacial score (nSPS) is 10.7. The lowest BCUT2D eigenvalue weighted by Gasteiger charge is -2.06. The molecule has 2 N–H and O–H groups in total. The average molecular weight is 335 g/mol. The van der Waals surface area contributed by atoms with Crippen molar-refractivity contribution in [2.45, 2.75) is 25.7 Å². The summed E-state index contributed by atoms with van der Waals surface area (Å²) in [4.78, 5) is 30.9. The molecule has 0 aliphatic heterocycles. The number of H-pyrrole nitrogens is 1. The largest absolute Gasteiger partial charge is 0.356 e. The molecule has 1 aromatic carbocycles. The fourth-order valence-electron chi connectivity index (χ4n) is 2.80. The number of para-hydroxylation sites is 1. The minimum absolute atomic E-state index is 0.0149. The van der Waals surface area contributed by atoms with Gasteiger partial charge in [-0.25, -0.2) is 0 Å². The third-order valence-electron chi connectivity index (χ3n) is 4.14. The van der Waals surface area contributed by atoms with Gasteiger partial charge in [-0.2, -0.15) is 0 Å². The van der Waals surface area contributed by atoms with Gasteiger partial charge in [-0.1, -0.05) is 24.3 Å². The number of aromatic amines is 1. The molecule has 2 aromatic heterocycles. The van der Waals surface area contributed by atoms with Crippen LogP contribution in [-0.2, 0) is 17.6 Å². The number of amides is 1. The van der Waals surface area contributed by atoms with E-state index in [1.165, 1.54) is 0 Å². The Kier molecular flexibility index (Phi) is 5.57. The van der Waals surface area contributed by atoms with Crippen LogP contribution in [0.2, 0.25) is 0 Å². The van der Waals surface area contributed by atoms with Crippen LogP contribution in [0.5, 0.6) is 0 Å². The predicted octanol–water partition coefficient (Wildman–Crippen LogP) is 2.60. The molecule has 128 valence electrons. The van der Waals surface area contributed by atoms with E-state index >= 15 is 0 Å². The van der Waals surface area contributed by atoms with E-state index in [0.29, 0.717) is 24.9 Å². The van der Waals surface area contributed by atoms with Crippen LogP contribution >= 0.6 is 0 Å². The van der Waals surface area contributed by atoms with Gasteiger partial charge < -0.3 is 10.3 Å². The zero-order chi connectivity index (χ0) is 17.5. The van der Waals surface area contributed by atoms with Gasteiger partial charge in [0.2, 0.25) is 5.91 Å². The van der Waals surface area contributed by atoms with E-state index in [0.717, 1.165) is 29.3 Å². The van der Waals surface area contributed by atoms with Gasteiger partial charge in [-0.3, -0.25) is 14.6 Å². The number of benzene rings is 1. The topological polar surface area (TPSA) is 74.8 Å². The van der Waals surface area contributed by atoms with Crippen LogP contribution < -0.4 is 10.9 Å². The highest BCUT2D eigenvalue weighted by Crippen LogP contribution is 2.10. The van der Waals surface area contributed by atoms with Gasteiger partial charge in [0.15, 0.2) is 0 Å². The summed E-state index contributed by atoms with van der Waals surface area (Å²) in [5.74, 6) is 0.0149. The molecule has 0 saturated carbocycles. The Morgan fingerprint density at radius 1 is 1.12 bits per heavy atom. The smallest absolute Gasteiger partial charge is 0.251 e. The lowest BCUT2D eigenvalue weighted by molar-refractivity contribution is -0.121. The van der Waals surface area contributed by atoms with Crippen LogP contribution in [0.4, 0.5) is 0 Å². The molecule has 2 heterocycles. The van der Waals surface area contributed by atoms with Crippen molar-refractivity contribution < 1.29 is 4.79 Å². The predicted molar refractivity (Wildman–Crippen MR) is 98.5 cm³/mol. The highest BCUT2D eigenvalue weighted by molar-refractivity contribution is 5.78. The number of rotatable bonds is 7. The van der Waals surface area contributed by atoms with Crippen molar-refractivity contribution in [3.8, 4) is 0 Å². The average Bonchev–Trinajstić information content (AvgIpc) is 2.63. The van der Waals surface area contributed by atoms with Gasteiger partial charge in [-0.15, -0.1) is 0 Å². The molecule has 0 radical (unpaired) electrons. The van der Waals surface area contributed by atoms with Crippen molar-refractivity contribution in [2.24, 2.45) is 0 Å². The van der Waals surface area contributed by atoms with Crippen LogP contribution in [0.3, 0.4) is 0 Å². The molecule has 0 saturated heterocycles. The Bertz CT molecular complexity index is 903. The molecule has 5 nitrogen and oxygen atoms in total. The van der Waals surface area contributed by atoms with Crippen LogP contribution in [0, 0.1) is 0 Å². The van der Waals surface area contributed by atoms with Crippen LogP contribution in [-0.4, -0.2) is 22.4 Å². The van der Waals surface area contributed by atoms with Crippen molar-refractivity contribution in [3.05, 3.63) is 76.3 Å². The molecule has 3 aromatic rings. The molecule has 0 spiro atoms. The Morgan fingerprint density at radius 2 is 2.00 bits per heavy atom. The molecule has 1 amide bonds. The minimum atomic E-state index is -0.0930. The first-order valence-corrected chi connectivity index (χ1v) is 8.49. The number of aryl methyl sites for hydroxylation is 1. The summed E-state index contributed by atoms with van der Waals surface area (Å²) in [5.41, 5.74) is 2.56. The van der Waals surface area contributed by atoms with Gasteiger partial charge >= 0.3 is 0 Å². The number of nitrogens with one attached hydrogen (secondary N) is 2. The molecule has 25 heavy (non-hydrogen) atoms. The minimum Gasteiger partial charge on any atom is -0.356 e. The summed E-state index contributed by atoms with van der Waals surface area (Å²) in [7, 11) is 0. The SMILES string of the molecule is O=C(CCCc1cccnc1)NCCc1cc2ccccc2[nH]c1=O. The molecule has 0 unspecified atom stereocenters. The molecular formula is C20H21N3O2. The maximum atomic E-state index is 12.1. The monoisotopic (exact) mass is 335 g/mol. The maximum Gasteiger partial charge on any atom is 0.251 e. The van der Waals surface area contributed by atoms with Gasteiger partial charge in [-0.05, 0) is 48.4 Å². The van der Waals surface area contributed by atoms with Crippen molar-refractivity contribution in [3.63, 3.8) is 0 Å². The summed E-state index contributed by atoms with van der Waals surface area (Å²) < 4.78 is 0. The molecule has 0 bridgehead atoms. The second-order valence-corrected chi connectivity index (χ2v) is 6.03. The Morgan fingerprint density at radius 3 is 2.84 bits per heavy atom. The zero-order valence-corrected chi connectivity index (χ0v) is 14.0. The summed E-state index contributed by atoms with van der Waals surface area (Å²) in [6.07, 6.45) is 6.19. The molecule has 5 heteroatoms. The summed E-state index contributed by atoms with van der Waals surface area (Å²) in [5, 5.41) is 3.89. The standard InChI is InChI=1S/C20H21N3O2/c24-19(9-3-5-15-6-4-11-21-14-15)22-12-10-17-13-16-7-1-2-8-18(16)23-20(17)25/h1-2,4,6-8,11,13-14H,3,5,9-10,12H2,(H,22,24)(H,23,25). The third kappa shape index (κ3) is 4.76. The number of hydrogen-bond donors (Lipinski definition) is 2. The maximum absolute atomic E-state index is 12.1. The number of carbonyl (C=O) groups excluding carboxylic acids is 1. The van der Waals surface area contributed by atoms with Crippen LogP contribution in [0.25, 0.3) is 10.9 Å². The number of nitrogens with zero attached hydrogens (tertiary/aromatic N) is 1. The van der Waals surface area contributed by atoms with Crippen molar-refractivity contribution in [2.75, 3.05) is 6.54 Å². The Hall–Kier alpha value is -2.95. The van der Waals surface area contributed by atoms with Crippen LogP contribution in [0.15, 0.2) is 59.7 Å². The number of hydrogen-bond acceptors (Lipinski definition) is 3. The number of aromatic nitrogens is 2. The summed E-state index contributed by atoms with van der Waals surface area (Å²) in [6.45, 7) is 0.465. The first-order chi connectivity index (χ1) is 12.2. The fourth-order valence-corrected chi connectivity index (χ4v) is 2.80. The van der Waals surface area contributed by atoms with Gasteiger partial charge in [0.25, 0.3) is 5.56 Å². The van der Waals surface area contributed by atoms with Gasteiger partial charge in [0.05, 0.1) is 0 Å². The molecule has 0 aliphatic rings. The highest BCUT2D eigenvalue weighted by atomic mass is 16.1. The van der Waals surface area contributed by atoms with Crippen molar-refractivity contribution in [1.82, 2.24) is 15.3 Å². The Balaban J connectivity index is 1.45. The summed E-state index contributed by atoms with van der Waals surface area (Å²) in [6, 6.07) is 13.5. The second kappa shape index (κ2) is 8.24. The molecule has 0 atom stereocenters. The van der Waals surface area contributed by atoms with E-state index in [1.807, 2.05) is 48.7 Å². The first-order valence-electron chi connectivity index (χ1n) is 8.49. The number of fused-ring (bicyclic) bond motifs is 1. The lowest BCUT2D eigenvalue weighted by Crippen LogP contribution is -2.27. The van der Waals surface area contributed by atoms with E-state index in [9.17, 15) is 9.59 Å². The zero-order valence-electron chi connectivity index (χ0n) is 14.0. The lowest BCUT2D eigenvalue weighted by atomic mass is 10.1. The van der Waals surface area contributed by atoms with Crippen molar-refractivity contribution >= 4 is 16.8 Å². The molecule has 0 fully saturated rings. The quantitative estimate of drug-likeness (QED) is 0.697. The van der Waals surface area contributed by atoms with E-state index in [-0.39, 0.29) is 11.5 Å². The van der Waals surface area contributed by atoms with E-state index < -0.39 is 0 Å². The fraction of sp³-hybridized carbons (Fsp3) is 0.250.